The van der Waals surface area contributed by atoms with Crippen LogP contribution < -0.4 is 10.9 Å². The van der Waals surface area contributed by atoms with Gasteiger partial charge in [0.2, 0.25) is 0 Å². The molecule has 0 unspecified atom stereocenters. The molecule has 134 valence electrons. The standard InChI is InChI=1S/C19H17BrN2O4/c20-15-8-6-13(7-9-15)17(24)22-21-16(23)12-26-18(25)19(10-11-19)14-4-2-1-3-5-14/h1-9H,10-12H2,(H,21,23)(H,22,24). The molecule has 0 spiro atoms. The largest absolute Gasteiger partial charge is 0.455 e. The van der Waals surface area contributed by atoms with E-state index in [0.29, 0.717) is 18.4 Å². The van der Waals surface area contributed by atoms with Crippen LogP contribution in [0.25, 0.3) is 0 Å². The van der Waals surface area contributed by atoms with Crippen molar-refractivity contribution in [1.29, 1.82) is 0 Å². The lowest BCUT2D eigenvalue weighted by molar-refractivity contribution is -0.151. The third-order valence-corrected chi connectivity index (χ3v) is 4.75. The van der Waals surface area contributed by atoms with Crippen molar-refractivity contribution in [3.63, 3.8) is 0 Å². The van der Waals surface area contributed by atoms with Gasteiger partial charge in [0.25, 0.3) is 11.8 Å². The number of hydrazine groups is 1. The van der Waals surface area contributed by atoms with Gasteiger partial charge in [-0.25, -0.2) is 0 Å². The Morgan fingerprint density at radius 2 is 1.62 bits per heavy atom. The number of rotatable bonds is 5. The van der Waals surface area contributed by atoms with E-state index in [-0.39, 0.29) is 0 Å². The Bertz CT molecular complexity index is 817. The predicted molar refractivity (Wildman–Crippen MR) is 98.1 cm³/mol. The van der Waals surface area contributed by atoms with Crippen LogP contribution in [-0.4, -0.2) is 24.4 Å². The Hall–Kier alpha value is -2.67. The molecule has 7 heteroatoms. The molecule has 2 N–H and O–H groups in total. The zero-order valence-electron chi connectivity index (χ0n) is 13.8. The fourth-order valence-corrected chi connectivity index (χ4v) is 2.86. The van der Waals surface area contributed by atoms with Crippen molar-refractivity contribution < 1.29 is 19.1 Å². The SMILES string of the molecule is O=C(COC(=O)C1(c2ccccc2)CC1)NNC(=O)c1ccc(Br)cc1. The Labute approximate surface area is 159 Å². The maximum Gasteiger partial charge on any atom is 0.317 e. The maximum absolute atomic E-state index is 12.3. The van der Waals surface area contributed by atoms with Gasteiger partial charge in [-0.15, -0.1) is 0 Å². The van der Waals surface area contributed by atoms with E-state index < -0.39 is 29.8 Å². The third-order valence-electron chi connectivity index (χ3n) is 4.22. The van der Waals surface area contributed by atoms with Gasteiger partial charge in [-0.05, 0) is 42.7 Å². The summed E-state index contributed by atoms with van der Waals surface area (Å²) >= 11 is 3.28. The van der Waals surface area contributed by atoms with Crippen LogP contribution in [0.15, 0.2) is 59.1 Å². The number of hydrogen-bond acceptors (Lipinski definition) is 4. The lowest BCUT2D eigenvalue weighted by Crippen LogP contribution is -2.44. The number of halogens is 1. The fraction of sp³-hybridized carbons (Fsp3) is 0.211. The zero-order valence-corrected chi connectivity index (χ0v) is 15.4. The molecule has 2 aromatic carbocycles. The molecule has 1 aliphatic rings. The Morgan fingerprint density at radius 3 is 2.23 bits per heavy atom. The first-order valence-electron chi connectivity index (χ1n) is 8.09. The van der Waals surface area contributed by atoms with Gasteiger partial charge in [-0.1, -0.05) is 46.3 Å². The van der Waals surface area contributed by atoms with Gasteiger partial charge in [0.05, 0.1) is 5.41 Å². The molecule has 1 fully saturated rings. The van der Waals surface area contributed by atoms with Crippen molar-refractivity contribution in [3.8, 4) is 0 Å². The number of benzene rings is 2. The third kappa shape index (κ3) is 4.11. The minimum Gasteiger partial charge on any atom is -0.455 e. The number of nitrogens with one attached hydrogen (secondary N) is 2. The highest BCUT2D eigenvalue weighted by atomic mass is 79.9. The molecular formula is C19H17BrN2O4. The normalized spacial score (nSPS) is 14.2. The first-order chi connectivity index (χ1) is 12.5. The molecule has 1 saturated carbocycles. The van der Waals surface area contributed by atoms with Crippen LogP contribution in [0.1, 0.15) is 28.8 Å². The van der Waals surface area contributed by atoms with Crippen molar-refractivity contribution in [3.05, 3.63) is 70.2 Å². The summed E-state index contributed by atoms with van der Waals surface area (Å²) in [5.41, 5.74) is 5.17. The van der Waals surface area contributed by atoms with E-state index in [1.54, 1.807) is 24.3 Å². The molecule has 2 amide bonds. The lowest BCUT2D eigenvalue weighted by atomic mass is 9.96. The van der Waals surface area contributed by atoms with Crippen molar-refractivity contribution in [1.82, 2.24) is 10.9 Å². The molecule has 0 atom stereocenters. The average Bonchev–Trinajstić information content (AvgIpc) is 3.47. The van der Waals surface area contributed by atoms with Gasteiger partial charge in [0.1, 0.15) is 0 Å². The molecular weight excluding hydrogens is 400 g/mol. The summed E-state index contributed by atoms with van der Waals surface area (Å²) in [5.74, 6) is -1.48. The molecule has 0 heterocycles. The van der Waals surface area contributed by atoms with Crippen molar-refractivity contribution in [2.45, 2.75) is 18.3 Å². The number of carbonyl (C=O) groups excluding carboxylic acids is 3. The van der Waals surface area contributed by atoms with Crippen LogP contribution in [0, 0.1) is 0 Å². The number of ether oxygens (including phenoxy) is 1. The van der Waals surface area contributed by atoms with Gasteiger partial charge in [0.15, 0.2) is 6.61 Å². The quantitative estimate of drug-likeness (QED) is 0.579. The van der Waals surface area contributed by atoms with Crippen molar-refractivity contribution in [2.24, 2.45) is 0 Å². The summed E-state index contributed by atoms with van der Waals surface area (Å²) in [6.45, 7) is -0.450. The van der Waals surface area contributed by atoms with E-state index in [1.165, 1.54) is 0 Å². The minimum atomic E-state index is -0.637. The highest BCUT2D eigenvalue weighted by Crippen LogP contribution is 2.49. The summed E-state index contributed by atoms with van der Waals surface area (Å²) in [4.78, 5) is 36.0. The molecule has 3 rings (SSSR count). The van der Waals surface area contributed by atoms with E-state index in [0.717, 1.165) is 10.0 Å². The Morgan fingerprint density at radius 1 is 0.962 bits per heavy atom. The van der Waals surface area contributed by atoms with Crippen LogP contribution >= 0.6 is 15.9 Å². The average molecular weight is 417 g/mol. The highest BCUT2D eigenvalue weighted by molar-refractivity contribution is 9.10. The second-order valence-corrected chi connectivity index (χ2v) is 6.95. The van der Waals surface area contributed by atoms with E-state index in [1.807, 2.05) is 30.3 Å². The molecule has 0 radical (unpaired) electrons. The lowest BCUT2D eigenvalue weighted by Gasteiger charge is -2.15. The number of amides is 2. The summed E-state index contributed by atoms with van der Waals surface area (Å²) in [6, 6.07) is 16.0. The Balaban J connectivity index is 1.46. The second kappa shape index (κ2) is 7.70. The predicted octanol–water partition coefficient (Wildman–Crippen LogP) is 2.49. The first-order valence-corrected chi connectivity index (χ1v) is 8.88. The van der Waals surface area contributed by atoms with Gasteiger partial charge < -0.3 is 4.74 Å². The van der Waals surface area contributed by atoms with Crippen molar-refractivity contribution in [2.75, 3.05) is 6.61 Å². The topological polar surface area (TPSA) is 84.5 Å². The zero-order chi connectivity index (χ0) is 18.6. The molecule has 6 nitrogen and oxygen atoms in total. The van der Waals surface area contributed by atoms with Gasteiger partial charge in [-0.3, -0.25) is 25.2 Å². The smallest absolute Gasteiger partial charge is 0.317 e. The minimum absolute atomic E-state index is 0.395. The molecule has 0 bridgehead atoms. The molecule has 0 saturated heterocycles. The second-order valence-electron chi connectivity index (χ2n) is 6.03. The summed E-state index contributed by atoms with van der Waals surface area (Å²) in [5, 5.41) is 0. The molecule has 0 aromatic heterocycles. The van der Waals surface area contributed by atoms with Crippen molar-refractivity contribution >= 4 is 33.7 Å². The first kappa shape index (κ1) is 18.1. The highest BCUT2D eigenvalue weighted by Gasteiger charge is 2.52. The van der Waals surface area contributed by atoms with Gasteiger partial charge >= 0.3 is 5.97 Å². The van der Waals surface area contributed by atoms with Gasteiger partial charge in [0, 0.05) is 10.0 Å². The van der Waals surface area contributed by atoms with Crippen LogP contribution in [-0.2, 0) is 19.7 Å². The number of hydrogen-bond donors (Lipinski definition) is 2. The van der Waals surface area contributed by atoms with E-state index in [4.69, 9.17) is 4.74 Å². The van der Waals surface area contributed by atoms with Crippen LogP contribution in [0.4, 0.5) is 0 Å². The molecule has 26 heavy (non-hydrogen) atoms. The summed E-state index contributed by atoms with van der Waals surface area (Å²) in [6.07, 6.45) is 1.41. The maximum atomic E-state index is 12.3. The van der Waals surface area contributed by atoms with Crippen LogP contribution in [0.3, 0.4) is 0 Å². The molecule has 2 aromatic rings. The summed E-state index contributed by atoms with van der Waals surface area (Å²) in [7, 11) is 0. The Kier molecular flexibility index (Phi) is 5.37. The number of carbonyl (C=O) groups is 3. The molecule has 1 aliphatic carbocycles. The van der Waals surface area contributed by atoms with E-state index in [2.05, 4.69) is 26.8 Å². The van der Waals surface area contributed by atoms with E-state index in [9.17, 15) is 14.4 Å². The molecule has 0 aliphatic heterocycles. The van der Waals surface area contributed by atoms with Gasteiger partial charge in [-0.2, -0.15) is 0 Å². The van der Waals surface area contributed by atoms with Crippen LogP contribution in [0.5, 0.6) is 0 Å². The monoisotopic (exact) mass is 416 g/mol. The summed E-state index contributed by atoms with van der Waals surface area (Å²) < 4.78 is 5.98. The number of esters is 1. The van der Waals surface area contributed by atoms with Crippen LogP contribution in [0.2, 0.25) is 0 Å². The fourth-order valence-electron chi connectivity index (χ4n) is 2.60. The van der Waals surface area contributed by atoms with E-state index >= 15 is 0 Å².